The van der Waals surface area contributed by atoms with Crippen LogP contribution in [0.2, 0.25) is 0 Å². The summed E-state index contributed by atoms with van der Waals surface area (Å²) in [6.45, 7) is 4.70. The van der Waals surface area contributed by atoms with Gasteiger partial charge in [-0.1, -0.05) is 13.3 Å². The van der Waals surface area contributed by atoms with Gasteiger partial charge in [-0.25, -0.2) is 15.8 Å². The number of aryl methyl sites for hydroxylation is 1. The number of hydrogen-bond donors (Lipinski definition) is 2. The van der Waals surface area contributed by atoms with Crippen LogP contribution in [0, 0.1) is 0 Å². The van der Waals surface area contributed by atoms with Gasteiger partial charge in [-0.05, 0) is 13.3 Å². The molecule has 0 radical (unpaired) electrons. The molecule has 7 nitrogen and oxygen atoms in total. The van der Waals surface area contributed by atoms with E-state index in [0.717, 1.165) is 24.1 Å². The van der Waals surface area contributed by atoms with E-state index in [1.54, 1.807) is 16.9 Å². The Morgan fingerprint density at radius 3 is 2.76 bits per heavy atom. The van der Waals surface area contributed by atoms with E-state index in [9.17, 15) is 0 Å². The number of nitrogens with zero attached hydrogens (tertiary/aromatic N) is 4. The summed E-state index contributed by atoms with van der Waals surface area (Å²) in [5.41, 5.74) is 4.29. The normalized spacial score (nSPS) is 12.4. The first-order valence-electron chi connectivity index (χ1n) is 7.14. The summed E-state index contributed by atoms with van der Waals surface area (Å²) in [4.78, 5) is 9.04. The van der Waals surface area contributed by atoms with Crippen molar-refractivity contribution in [2.24, 2.45) is 12.9 Å². The molecule has 2 aromatic rings. The summed E-state index contributed by atoms with van der Waals surface area (Å²) in [7, 11) is 1.87. The van der Waals surface area contributed by atoms with Gasteiger partial charge in [0.25, 0.3) is 0 Å². The van der Waals surface area contributed by atoms with Crippen molar-refractivity contribution in [1.29, 1.82) is 0 Å². The molecule has 21 heavy (non-hydrogen) atoms. The molecular weight excluding hydrogens is 268 g/mol. The van der Waals surface area contributed by atoms with Crippen LogP contribution in [-0.2, 0) is 11.8 Å². The molecular formula is C14H22N6O. The van der Waals surface area contributed by atoms with E-state index in [1.807, 2.05) is 20.2 Å². The third-order valence-electron chi connectivity index (χ3n) is 3.10. The molecule has 114 valence electrons. The Balaban J connectivity index is 2.41. The second kappa shape index (κ2) is 7.14. The van der Waals surface area contributed by atoms with Gasteiger partial charge in [0.15, 0.2) is 5.82 Å². The van der Waals surface area contributed by atoms with Crippen LogP contribution < -0.4 is 11.3 Å². The van der Waals surface area contributed by atoms with E-state index in [2.05, 4.69) is 27.4 Å². The fourth-order valence-electron chi connectivity index (χ4n) is 2.14. The zero-order valence-electron chi connectivity index (χ0n) is 12.7. The lowest BCUT2D eigenvalue weighted by molar-refractivity contribution is 0.0495. The average molecular weight is 290 g/mol. The summed E-state index contributed by atoms with van der Waals surface area (Å²) in [5.74, 6) is 6.73. The van der Waals surface area contributed by atoms with Crippen molar-refractivity contribution in [3.05, 3.63) is 24.3 Å². The van der Waals surface area contributed by atoms with E-state index >= 15 is 0 Å². The highest BCUT2D eigenvalue weighted by Crippen LogP contribution is 2.25. The van der Waals surface area contributed by atoms with E-state index in [0.29, 0.717) is 18.2 Å². The fourth-order valence-corrected chi connectivity index (χ4v) is 2.14. The van der Waals surface area contributed by atoms with Gasteiger partial charge in [0, 0.05) is 31.5 Å². The number of nitrogen functional groups attached to an aromatic ring is 1. The maximum atomic E-state index is 5.75. The molecule has 3 N–H and O–H groups in total. The van der Waals surface area contributed by atoms with Crippen molar-refractivity contribution >= 4 is 5.82 Å². The smallest absolute Gasteiger partial charge is 0.160 e. The highest BCUT2D eigenvalue weighted by atomic mass is 16.5. The van der Waals surface area contributed by atoms with Gasteiger partial charge in [-0.3, -0.25) is 4.68 Å². The van der Waals surface area contributed by atoms with Crippen molar-refractivity contribution in [2.45, 2.75) is 32.8 Å². The summed E-state index contributed by atoms with van der Waals surface area (Å²) >= 11 is 0. The molecule has 1 atom stereocenters. The highest BCUT2D eigenvalue weighted by molar-refractivity contribution is 5.60. The molecule has 0 aliphatic heterocycles. The van der Waals surface area contributed by atoms with Crippen LogP contribution in [0.1, 0.15) is 38.6 Å². The Labute approximate surface area is 124 Å². The Kier molecular flexibility index (Phi) is 5.24. The first-order valence-corrected chi connectivity index (χ1v) is 7.14. The number of ether oxygens (including phenoxy) is 1. The average Bonchev–Trinajstić information content (AvgIpc) is 2.93. The van der Waals surface area contributed by atoms with Crippen molar-refractivity contribution in [1.82, 2.24) is 19.7 Å². The van der Waals surface area contributed by atoms with E-state index in [-0.39, 0.29) is 6.10 Å². The van der Waals surface area contributed by atoms with Gasteiger partial charge in [0.2, 0.25) is 0 Å². The lowest BCUT2D eigenvalue weighted by atomic mass is 10.1. The molecule has 0 aromatic carbocycles. The van der Waals surface area contributed by atoms with Gasteiger partial charge in [-0.2, -0.15) is 5.10 Å². The highest BCUT2D eigenvalue weighted by Gasteiger charge is 2.17. The van der Waals surface area contributed by atoms with Crippen molar-refractivity contribution in [3.8, 4) is 11.3 Å². The standard InChI is InChI=1S/C14H22N6O/c1-4-6-12(21-5-2)14-17-11(7-13(18-14)19-15)10-8-16-20(3)9-10/h7-9,12H,4-6,15H2,1-3H3,(H,17,18,19). The number of rotatable bonds is 7. The molecule has 1 unspecified atom stereocenters. The molecule has 0 amide bonds. The molecule has 7 heteroatoms. The lowest BCUT2D eigenvalue weighted by Gasteiger charge is -2.16. The second-order valence-electron chi connectivity index (χ2n) is 4.78. The van der Waals surface area contributed by atoms with Crippen molar-refractivity contribution < 1.29 is 4.74 Å². The van der Waals surface area contributed by atoms with Crippen LogP contribution in [0.15, 0.2) is 18.5 Å². The van der Waals surface area contributed by atoms with Gasteiger partial charge >= 0.3 is 0 Å². The fraction of sp³-hybridized carbons (Fsp3) is 0.500. The number of aromatic nitrogens is 4. The first-order chi connectivity index (χ1) is 10.2. The zero-order chi connectivity index (χ0) is 15.2. The zero-order valence-corrected chi connectivity index (χ0v) is 12.7. The molecule has 2 aromatic heterocycles. The number of nitrogens with two attached hydrogens (primary N) is 1. The molecule has 2 rings (SSSR count). The minimum Gasteiger partial charge on any atom is -0.371 e. The molecule has 2 heterocycles. The predicted molar refractivity (Wildman–Crippen MR) is 81.3 cm³/mol. The lowest BCUT2D eigenvalue weighted by Crippen LogP contribution is -2.14. The monoisotopic (exact) mass is 290 g/mol. The second-order valence-corrected chi connectivity index (χ2v) is 4.78. The Morgan fingerprint density at radius 1 is 1.38 bits per heavy atom. The maximum Gasteiger partial charge on any atom is 0.160 e. The minimum absolute atomic E-state index is 0.122. The van der Waals surface area contributed by atoms with E-state index < -0.39 is 0 Å². The number of anilines is 1. The van der Waals surface area contributed by atoms with Crippen molar-refractivity contribution in [2.75, 3.05) is 12.0 Å². The van der Waals surface area contributed by atoms with Gasteiger partial charge in [0.1, 0.15) is 11.9 Å². The van der Waals surface area contributed by atoms with Crippen LogP contribution in [0.4, 0.5) is 5.82 Å². The van der Waals surface area contributed by atoms with E-state index in [1.165, 1.54) is 0 Å². The Bertz CT molecular complexity index is 577. The summed E-state index contributed by atoms with van der Waals surface area (Å²) < 4.78 is 7.48. The molecule has 0 bridgehead atoms. The number of hydrazine groups is 1. The van der Waals surface area contributed by atoms with Crippen LogP contribution in [0.5, 0.6) is 0 Å². The topological polar surface area (TPSA) is 90.9 Å². The quantitative estimate of drug-likeness (QED) is 0.599. The SMILES string of the molecule is CCCC(OCC)c1nc(NN)cc(-c2cnn(C)c2)n1. The largest absolute Gasteiger partial charge is 0.371 e. The molecule has 0 saturated carbocycles. The minimum atomic E-state index is -0.122. The summed E-state index contributed by atoms with van der Waals surface area (Å²) in [5, 5.41) is 4.17. The van der Waals surface area contributed by atoms with Crippen LogP contribution in [-0.4, -0.2) is 26.4 Å². The summed E-state index contributed by atoms with van der Waals surface area (Å²) in [6, 6.07) is 1.80. The molecule has 0 fully saturated rings. The molecule has 0 spiro atoms. The van der Waals surface area contributed by atoms with Crippen LogP contribution >= 0.6 is 0 Å². The number of hydrogen-bond acceptors (Lipinski definition) is 6. The van der Waals surface area contributed by atoms with Crippen LogP contribution in [0.3, 0.4) is 0 Å². The molecule has 0 aliphatic rings. The first kappa shape index (κ1) is 15.4. The van der Waals surface area contributed by atoms with Crippen LogP contribution in [0.25, 0.3) is 11.3 Å². The summed E-state index contributed by atoms with van der Waals surface area (Å²) in [6.07, 6.45) is 5.41. The number of nitrogens with one attached hydrogen (secondary N) is 1. The van der Waals surface area contributed by atoms with Crippen molar-refractivity contribution in [3.63, 3.8) is 0 Å². The molecule has 0 saturated heterocycles. The third-order valence-corrected chi connectivity index (χ3v) is 3.10. The Hall–Kier alpha value is -1.99. The maximum absolute atomic E-state index is 5.75. The van der Waals surface area contributed by atoms with E-state index in [4.69, 9.17) is 10.6 Å². The Morgan fingerprint density at radius 2 is 2.19 bits per heavy atom. The van der Waals surface area contributed by atoms with Gasteiger partial charge in [0.05, 0.1) is 11.9 Å². The molecule has 0 aliphatic carbocycles. The van der Waals surface area contributed by atoms with Gasteiger partial charge in [-0.15, -0.1) is 0 Å². The third kappa shape index (κ3) is 3.77. The predicted octanol–water partition coefficient (Wildman–Crippen LogP) is 2.04. The van der Waals surface area contributed by atoms with Gasteiger partial charge < -0.3 is 10.2 Å².